The SMILES string of the molecule is CC.CCC1CCC[C@@H](C(C)C)C1. The second-order valence-electron chi connectivity index (χ2n) is 4.44. The molecule has 0 amide bonds. The van der Waals surface area contributed by atoms with Gasteiger partial charge in [0.2, 0.25) is 0 Å². The minimum absolute atomic E-state index is 0.921. The maximum absolute atomic E-state index is 2.38. The summed E-state index contributed by atoms with van der Waals surface area (Å²) >= 11 is 0. The molecule has 1 unspecified atom stereocenters. The number of hydrogen-bond acceptors (Lipinski definition) is 0. The van der Waals surface area contributed by atoms with Crippen LogP contribution in [0.15, 0.2) is 0 Å². The molecule has 1 aliphatic rings. The zero-order valence-corrected chi connectivity index (χ0v) is 10.3. The van der Waals surface area contributed by atoms with Gasteiger partial charge in [-0.15, -0.1) is 0 Å². The summed E-state index contributed by atoms with van der Waals surface area (Å²) < 4.78 is 0. The minimum Gasteiger partial charge on any atom is -0.0683 e. The molecule has 0 spiro atoms. The van der Waals surface area contributed by atoms with Gasteiger partial charge in [-0.2, -0.15) is 0 Å². The summed E-state index contributed by atoms with van der Waals surface area (Å²) in [6.07, 6.45) is 7.40. The summed E-state index contributed by atoms with van der Waals surface area (Å²) in [5, 5.41) is 0. The topological polar surface area (TPSA) is 0 Å². The van der Waals surface area contributed by atoms with E-state index in [4.69, 9.17) is 0 Å². The van der Waals surface area contributed by atoms with Crippen LogP contribution in [0.1, 0.15) is 66.7 Å². The lowest BCUT2D eigenvalue weighted by Gasteiger charge is -2.30. The van der Waals surface area contributed by atoms with Gasteiger partial charge in [-0.05, 0) is 24.2 Å². The van der Waals surface area contributed by atoms with Crippen molar-refractivity contribution < 1.29 is 0 Å². The van der Waals surface area contributed by atoms with Gasteiger partial charge in [-0.1, -0.05) is 60.3 Å². The quantitative estimate of drug-likeness (QED) is 0.573. The maximum Gasteiger partial charge on any atom is -0.0388 e. The Morgan fingerprint density at radius 3 is 2.23 bits per heavy atom. The van der Waals surface area contributed by atoms with E-state index in [1.54, 1.807) is 0 Å². The second kappa shape index (κ2) is 7.41. The summed E-state index contributed by atoms with van der Waals surface area (Å²) in [6.45, 7) is 11.1. The molecule has 0 radical (unpaired) electrons. The Labute approximate surface area is 85.1 Å². The Kier molecular flexibility index (Phi) is 7.41. The van der Waals surface area contributed by atoms with Crippen LogP contribution < -0.4 is 0 Å². The predicted octanol–water partition coefficient (Wildman–Crippen LogP) is 4.89. The minimum atomic E-state index is 0.921. The molecule has 1 aliphatic carbocycles. The van der Waals surface area contributed by atoms with Crippen LogP contribution in [0.3, 0.4) is 0 Å². The van der Waals surface area contributed by atoms with Crippen LogP contribution >= 0.6 is 0 Å². The van der Waals surface area contributed by atoms with Crippen LogP contribution in [0.2, 0.25) is 0 Å². The first-order chi connectivity index (χ1) is 6.24. The maximum atomic E-state index is 2.38. The first-order valence-electron chi connectivity index (χ1n) is 6.24. The van der Waals surface area contributed by atoms with Crippen molar-refractivity contribution in [3.63, 3.8) is 0 Å². The van der Waals surface area contributed by atoms with Crippen molar-refractivity contribution >= 4 is 0 Å². The summed E-state index contributed by atoms with van der Waals surface area (Å²) in [5.74, 6) is 3.01. The zero-order valence-electron chi connectivity index (χ0n) is 10.3. The lowest BCUT2D eigenvalue weighted by atomic mass is 9.75. The molecule has 1 rings (SSSR count). The van der Waals surface area contributed by atoms with Gasteiger partial charge in [0.05, 0.1) is 0 Å². The summed E-state index contributed by atoms with van der Waals surface area (Å²) in [6, 6.07) is 0. The van der Waals surface area contributed by atoms with E-state index < -0.39 is 0 Å². The van der Waals surface area contributed by atoms with Gasteiger partial charge >= 0.3 is 0 Å². The van der Waals surface area contributed by atoms with E-state index in [1.807, 2.05) is 13.8 Å². The van der Waals surface area contributed by atoms with Gasteiger partial charge < -0.3 is 0 Å². The molecule has 0 bridgehead atoms. The van der Waals surface area contributed by atoms with Crippen molar-refractivity contribution in [1.29, 1.82) is 0 Å². The summed E-state index contributed by atoms with van der Waals surface area (Å²) in [5.41, 5.74) is 0. The average Bonchev–Trinajstić information content (AvgIpc) is 2.21. The fourth-order valence-electron chi connectivity index (χ4n) is 2.31. The normalized spacial score (nSPS) is 28.2. The number of rotatable bonds is 2. The largest absolute Gasteiger partial charge is 0.0683 e. The second-order valence-corrected chi connectivity index (χ2v) is 4.44. The van der Waals surface area contributed by atoms with Crippen molar-refractivity contribution in [3.8, 4) is 0 Å². The molecule has 0 aromatic carbocycles. The van der Waals surface area contributed by atoms with Gasteiger partial charge in [0.1, 0.15) is 0 Å². The van der Waals surface area contributed by atoms with Crippen LogP contribution in [-0.2, 0) is 0 Å². The molecule has 1 fully saturated rings. The van der Waals surface area contributed by atoms with Crippen LogP contribution in [0, 0.1) is 17.8 Å². The first kappa shape index (κ1) is 13.0. The monoisotopic (exact) mass is 184 g/mol. The van der Waals surface area contributed by atoms with Gasteiger partial charge in [0.15, 0.2) is 0 Å². The van der Waals surface area contributed by atoms with Crippen molar-refractivity contribution in [2.24, 2.45) is 17.8 Å². The van der Waals surface area contributed by atoms with Gasteiger partial charge in [0.25, 0.3) is 0 Å². The smallest absolute Gasteiger partial charge is 0.0388 e. The van der Waals surface area contributed by atoms with E-state index in [-0.39, 0.29) is 0 Å². The van der Waals surface area contributed by atoms with Crippen molar-refractivity contribution in [1.82, 2.24) is 0 Å². The van der Waals surface area contributed by atoms with Gasteiger partial charge in [-0.3, -0.25) is 0 Å². The number of hydrogen-bond donors (Lipinski definition) is 0. The standard InChI is InChI=1S/C11H22.C2H6/c1-4-10-6-5-7-11(8-10)9(2)3;1-2/h9-11H,4-8H2,1-3H3;1-2H3/t10?,11-;/m1./s1. The van der Waals surface area contributed by atoms with E-state index in [0.717, 1.165) is 17.8 Å². The third-order valence-electron chi connectivity index (χ3n) is 3.34. The molecule has 0 saturated heterocycles. The molecule has 1 saturated carbocycles. The van der Waals surface area contributed by atoms with Crippen LogP contribution in [-0.4, -0.2) is 0 Å². The van der Waals surface area contributed by atoms with Gasteiger partial charge in [-0.25, -0.2) is 0 Å². The molecule has 80 valence electrons. The summed E-state index contributed by atoms with van der Waals surface area (Å²) in [4.78, 5) is 0. The van der Waals surface area contributed by atoms with Crippen molar-refractivity contribution in [3.05, 3.63) is 0 Å². The molecule has 0 aromatic heterocycles. The third-order valence-corrected chi connectivity index (χ3v) is 3.34. The fourth-order valence-corrected chi connectivity index (χ4v) is 2.31. The molecule has 0 heterocycles. The Hall–Kier alpha value is 0. The molecule has 0 aromatic rings. The van der Waals surface area contributed by atoms with E-state index >= 15 is 0 Å². The highest BCUT2D eigenvalue weighted by atomic mass is 14.3. The van der Waals surface area contributed by atoms with Crippen molar-refractivity contribution in [2.45, 2.75) is 66.7 Å². The molecule has 13 heavy (non-hydrogen) atoms. The first-order valence-corrected chi connectivity index (χ1v) is 6.24. The molecule has 0 N–H and O–H groups in total. The van der Waals surface area contributed by atoms with E-state index in [1.165, 1.54) is 32.1 Å². The molecular formula is C13H28. The van der Waals surface area contributed by atoms with Crippen LogP contribution in [0.25, 0.3) is 0 Å². The highest BCUT2D eigenvalue weighted by Crippen LogP contribution is 2.34. The Bertz CT molecular complexity index is 105. The lowest BCUT2D eigenvalue weighted by molar-refractivity contribution is 0.211. The lowest BCUT2D eigenvalue weighted by Crippen LogP contribution is -2.19. The highest BCUT2D eigenvalue weighted by Gasteiger charge is 2.22. The van der Waals surface area contributed by atoms with Crippen molar-refractivity contribution in [2.75, 3.05) is 0 Å². The molecular weight excluding hydrogens is 156 g/mol. The van der Waals surface area contributed by atoms with E-state index in [0.29, 0.717) is 0 Å². The Morgan fingerprint density at radius 2 is 1.77 bits per heavy atom. The average molecular weight is 184 g/mol. The van der Waals surface area contributed by atoms with E-state index in [2.05, 4.69) is 20.8 Å². The van der Waals surface area contributed by atoms with Crippen LogP contribution in [0.5, 0.6) is 0 Å². The molecule has 0 heteroatoms. The third kappa shape index (κ3) is 4.69. The van der Waals surface area contributed by atoms with Crippen LogP contribution in [0.4, 0.5) is 0 Å². The summed E-state index contributed by atoms with van der Waals surface area (Å²) in [7, 11) is 0. The fraction of sp³-hybridized carbons (Fsp3) is 1.00. The van der Waals surface area contributed by atoms with Gasteiger partial charge in [0, 0.05) is 0 Å². The molecule has 2 atom stereocenters. The van der Waals surface area contributed by atoms with E-state index in [9.17, 15) is 0 Å². The highest BCUT2D eigenvalue weighted by molar-refractivity contribution is 4.74. The molecule has 0 aliphatic heterocycles. The Balaban J connectivity index is 0.000000671. The Morgan fingerprint density at radius 1 is 1.15 bits per heavy atom. The predicted molar refractivity (Wildman–Crippen MR) is 61.9 cm³/mol. The molecule has 0 nitrogen and oxygen atoms in total. The zero-order chi connectivity index (χ0) is 10.3.